The van der Waals surface area contributed by atoms with Crippen LogP contribution < -0.4 is 10.5 Å². The standard InChI is InChI=1S/C15H19NOS/c1-10-5-4-6-13(9-10)17-14(12(3)16)15-11(2)7-8-18-15/h4-9,12,14H,16H2,1-3H3. The molecule has 2 rings (SSSR count). The average molecular weight is 261 g/mol. The van der Waals surface area contributed by atoms with Crippen LogP contribution >= 0.6 is 11.3 Å². The van der Waals surface area contributed by atoms with Crippen LogP contribution in [0.25, 0.3) is 0 Å². The number of rotatable bonds is 4. The van der Waals surface area contributed by atoms with Crippen molar-refractivity contribution in [1.29, 1.82) is 0 Å². The summed E-state index contributed by atoms with van der Waals surface area (Å²) >= 11 is 1.70. The normalized spacial score (nSPS) is 14.2. The molecule has 2 nitrogen and oxygen atoms in total. The van der Waals surface area contributed by atoms with E-state index in [0.29, 0.717) is 0 Å². The molecule has 0 amide bonds. The first-order valence-corrected chi connectivity index (χ1v) is 6.99. The molecule has 2 aromatic rings. The second-order valence-electron chi connectivity index (χ2n) is 4.68. The van der Waals surface area contributed by atoms with E-state index in [1.807, 2.05) is 25.1 Å². The number of aryl methyl sites for hydroxylation is 2. The molecule has 1 aromatic heterocycles. The fourth-order valence-corrected chi connectivity index (χ4v) is 2.98. The summed E-state index contributed by atoms with van der Waals surface area (Å²) in [6.45, 7) is 6.14. The van der Waals surface area contributed by atoms with E-state index < -0.39 is 0 Å². The molecule has 0 saturated carbocycles. The smallest absolute Gasteiger partial charge is 0.148 e. The highest BCUT2D eigenvalue weighted by Crippen LogP contribution is 2.30. The number of hydrogen-bond donors (Lipinski definition) is 1. The van der Waals surface area contributed by atoms with Crippen molar-refractivity contribution in [3.05, 3.63) is 51.7 Å². The summed E-state index contributed by atoms with van der Waals surface area (Å²) in [6, 6.07) is 10.1. The minimum Gasteiger partial charge on any atom is -0.483 e. The van der Waals surface area contributed by atoms with E-state index in [2.05, 4.69) is 31.4 Å². The van der Waals surface area contributed by atoms with Gasteiger partial charge >= 0.3 is 0 Å². The fraction of sp³-hybridized carbons (Fsp3) is 0.333. The fourth-order valence-electron chi connectivity index (χ4n) is 1.91. The van der Waals surface area contributed by atoms with Gasteiger partial charge in [-0.1, -0.05) is 12.1 Å². The number of nitrogens with two attached hydrogens (primary N) is 1. The van der Waals surface area contributed by atoms with Crippen molar-refractivity contribution in [3.8, 4) is 5.75 Å². The van der Waals surface area contributed by atoms with Crippen LogP contribution in [0, 0.1) is 13.8 Å². The topological polar surface area (TPSA) is 35.2 Å². The minimum absolute atomic E-state index is 0.0390. The van der Waals surface area contributed by atoms with Gasteiger partial charge in [0.05, 0.1) is 0 Å². The molecule has 0 aliphatic rings. The van der Waals surface area contributed by atoms with Gasteiger partial charge in [-0.3, -0.25) is 0 Å². The van der Waals surface area contributed by atoms with Crippen molar-refractivity contribution in [2.45, 2.75) is 32.9 Å². The predicted octanol–water partition coefficient (Wildman–Crippen LogP) is 3.83. The number of benzene rings is 1. The molecule has 0 radical (unpaired) electrons. The predicted molar refractivity (Wildman–Crippen MR) is 77.3 cm³/mol. The first kappa shape index (κ1) is 13.1. The quantitative estimate of drug-likeness (QED) is 0.907. The monoisotopic (exact) mass is 261 g/mol. The van der Waals surface area contributed by atoms with Crippen LogP contribution in [0.1, 0.15) is 29.0 Å². The average Bonchev–Trinajstić information content (AvgIpc) is 2.72. The number of ether oxygens (including phenoxy) is 1. The summed E-state index contributed by atoms with van der Waals surface area (Å²) in [5.74, 6) is 0.880. The third-order valence-corrected chi connectivity index (χ3v) is 3.97. The highest BCUT2D eigenvalue weighted by atomic mass is 32.1. The van der Waals surface area contributed by atoms with Crippen molar-refractivity contribution in [2.75, 3.05) is 0 Å². The Morgan fingerprint density at radius 1 is 1.22 bits per heavy atom. The zero-order valence-electron chi connectivity index (χ0n) is 11.0. The Morgan fingerprint density at radius 2 is 2.00 bits per heavy atom. The van der Waals surface area contributed by atoms with E-state index in [4.69, 9.17) is 10.5 Å². The molecule has 0 aliphatic heterocycles. The second kappa shape index (κ2) is 5.55. The van der Waals surface area contributed by atoms with Crippen LogP contribution in [0.4, 0.5) is 0 Å². The summed E-state index contributed by atoms with van der Waals surface area (Å²) in [5.41, 5.74) is 8.50. The van der Waals surface area contributed by atoms with Gasteiger partial charge in [0.25, 0.3) is 0 Å². The number of hydrogen-bond acceptors (Lipinski definition) is 3. The van der Waals surface area contributed by atoms with Gasteiger partial charge in [0.15, 0.2) is 0 Å². The van der Waals surface area contributed by atoms with E-state index in [0.717, 1.165) is 5.75 Å². The third-order valence-electron chi connectivity index (χ3n) is 2.89. The lowest BCUT2D eigenvalue weighted by Gasteiger charge is -2.22. The second-order valence-corrected chi connectivity index (χ2v) is 5.63. The van der Waals surface area contributed by atoms with E-state index in [1.165, 1.54) is 16.0 Å². The molecule has 18 heavy (non-hydrogen) atoms. The lowest BCUT2D eigenvalue weighted by atomic mass is 10.1. The maximum atomic E-state index is 6.07. The Balaban J connectivity index is 2.25. The number of thiophene rings is 1. The minimum atomic E-state index is -0.0770. The molecule has 0 spiro atoms. The van der Waals surface area contributed by atoms with Crippen LogP contribution in [0.5, 0.6) is 5.75 Å². The molecular weight excluding hydrogens is 242 g/mol. The van der Waals surface area contributed by atoms with Crippen molar-refractivity contribution in [2.24, 2.45) is 5.73 Å². The van der Waals surface area contributed by atoms with Crippen LogP contribution in [0.15, 0.2) is 35.7 Å². The lowest BCUT2D eigenvalue weighted by molar-refractivity contribution is 0.183. The zero-order chi connectivity index (χ0) is 13.1. The molecular formula is C15H19NOS. The molecule has 0 bridgehead atoms. The van der Waals surface area contributed by atoms with Gasteiger partial charge < -0.3 is 10.5 Å². The van der Waals surface area contributed by atoms with Crippen LogP contribution in [-0.4, -0.2) is 6.04 Å². The summed E-state index contributed by atoms with van der Waals surface area (Å²) in [7, 11) is 0. The Hall–Kier alpha value is -1.32. The van der Waals surface area contributed by atoms with Gasteiger partial charge in [0, 0.05) is 10.9 Å². The van der Waals surface area contributed by atoms with Crippen LogP contribution in [0.3, 0.4) is 0 Å². The van der Waals surface area contributed by atoms with Crippen LogP contribution in [-0.2, 0) is 0 Å². The van der Waals surface area contributed by atoms with Crippen LogP contribution in [0.2, 0.25) is 0 Å². The Kier molecular flexibility index (Phi) is 4.04. The Morgan fingerprint density at radius 3 is 2.56 bits per heavy atom. The van der Waals surface area contributed by atoms with Gasteiger partial charge in [-0.25, -0.2) is 0 Å². The molecule has 2 unspecified atom stereocenters. The summed E-state index contributed by atoms with van der Waals surface area (Å²) < 4.78 is 6.07. The molecule has 0 fully saturated rings. The van der Waals surface area contributed by atoms with E-state index in [-0.39, 0.29) is 12.1 Å². The SMILES string of the molecule is Cc1cccc(OC(c2sccc2C)C(C)N)c1. The Bertz CT molecular complexity index is 519. The maximum Gasteiger partial charge on any atom is 0.148 e. The van der Waals surface area contributed by atoms with E-state index in [9.17, 15) is 0 Å². The van der Waals surface area contributed by atoms with Crippen molar-refractivity contribution in [3.63, 3.8) is 0 Å². The van der Waals surface area contributed by atoms with Gasteiger partial charge in [0.2, 0.25) is 0 Å². The summed E-state index contributed by atoms with van der Waals surface area (Å²) in [5, 5.41) is 2.08. The van der Waals surface area contributed by atoms with Gasteiger partial charge in [-0.15, -0.1) is 11.3 Å². The highest BCUT2D eigenvalue weighted by Gasteiger charge is 2.21. The summed E-state index contributed by atoms with van der Waals surface area (Å²) in [4.78, 5) is 1.21. The molecule has 0 saturated heterocycles. The van der Waals surface area contributed by atoms with E-state index in [1.54, 1.807) is 11.3 Å². The molecule has 1 heterocycles. The zero-order valence-corrected chi connectivity index (χ0v) is 11.8. The highest BCUT2D eigenvalue weighted by molar-refractivity contribution is 7.10. The van der Waals surface area contributed by atoms with Crippen molar-refractivity contribution in [1.82, 2.24) is 0 Å². The first-order valence-electron chi connectivity index (χ1n) is 6.11. The maximum absolute atomic E-state index is 6.07. The van der Waals surface area contributed by atoms with E-state index >= 15 is 0 Å². The summed E-state index contributed by atoms with van der Waals surface area (Å²) in [6.07, 6.45) is -0.0770. The van der Waals surface area contributed by atoms with Crippen molar-refractivity contribution >= 4 is 11.3 Å². The largest absolute Gasteiger partial charge is 0.483 e. The van der Waals surface area contributed by atoms with Gasteiger partial charge in [0.1, 0.15) is 11.9 Å². The van der Waals surface area contributed by atoms with Crippen molar-refractivity contribution < 1.29 is 4.74 Å². The third kappa shape index (κ3) is 2.92. The molecule has 96 valence electrons. The Labute approximate surface area is 112 Å². The molecule has 3 heteroatoms. The van der Waals surface area contributed by atoms with Gasteiger partial charge in [-0.05, 0) is 55.5 Å². The first-order chi connectivity index (χ1) is 8.58. The lowest BCUT2D eigenvalue weighted by Crippen LogP contribution is -2.28. The van der Waals surface area contributed by atoms with Gasteiger partial charge in [-0.2, -0.15) is 0 Å². The molecule has 2 N–H and O–H groups in total. The molecule has 0 aliphatic carbocycles. The molecule has 1 aromatic carbocycles. The molecule has 2 atom stereocenters.